The summed E-state index contributed by atoms with van der Waals surface area (Å²) in [6.45, 7) is 49.7. The first kappa shape index (κ1) is 77.8. The Balaban J connectivity index is 0.000000168. The molecule has 542 valence electrons. The minimum atomic E-state index is -0.371. The van der Waals surface area contributed by atoms with Crippen LogP contribution in [0.25, 0.3) is 102 Å². The standard InChI is InChI=1S/C45H47N3.C30H45BO2.C21H14BrN3/c1-43(2,3)37-25-34(24-35(26-37)36-27-38(44(4,5)6)29-39(28-36)45(7,8)9)32-21-16-22-33(23-32)42-47-40(30-17-12-10-13-18-30)46-41(48-42)31-19-14-11-15-20-31;1-26(2,3)22-14-20(15-23(18-22)27(4,5)6)21-16-24(28(7,8)9)19-25(17-21)31-32-29(10,11)30(12,13)33-31;22-18-13-7-12-17(14-18)21-24-19(15-8-3-1-4-9-15)23-20(25-21)16-10-5-2-6-11-16/h10-29H,1-9H3;14-19H,1-13H3;1-14H. The van der Waals surface area contributed by atoms with E-state index in [4.69, 9.17) is 34.2 Å². The van der Waals surface area contributed by atoms with E-state index in [0.717, 1.165) is 48.9 Å². The SMILES string of the molecule is Brc1cccc(-c2nc(-c3ccccc3)nc(-c3ccccc3)n2)c1.CC(C)(C)c1cc(-c2cccc(-c3nc(-c4ccccc4)nc(-c4ccccc4)n3)c2)cc(-c2cc(C(C)(C)C)cc(C(C)(C)C)c2)c1.CC(C)(C)c1cc(B2OC(C)(C)C(C)(C)O2)cc(-c2cc(C(C)(C)C)cc(C(C)(C)C)c2)c1. The highest BCUT2D eigenvalue weighted by Gasteiger charge is 2.52. The number of benzene rings is 10. The normalized spacial score (nSPS) is 13.9. The Morgan fingerprint density at radius 1 is 0.236 bits per heavy atom. The molecule has 3 heterocycles. The zero-order valence-corrected chi connectivity index (χ0v) is 68.1. The second kappa shape index (κ2) is 30.5. The zero-order valence-electron chi connectivity index (χ0n) is 66.5. The molecule has 0 N–H and O–H groups in total. The number of aromatic nitrogens is 6. The molecule has 0 amide bonds. The Hall–Kier alpha value is -9.32. The smallest absolute Gasteiger partial charge is 0.399 e. The Labute approximate surface area is 641 Å². The van der Waals surface area contributed by atoms with Gasteiger partial charge in [0.05, 0.1) is 11.2 Å². The molecule has 0 spiro atoms. The van der Waals surface area contributed by atoms with E-state index in [0.29, 0.717) is 34.9 Å². The van der Waals surface area contributed by atoms with Gasteiger partial charge in [0.1, 0.15) is 0 Å². The van der Waals surface area contributed by atoms with E-state index in [2.05, 4.69) is 270 Å². The maximum Gasteiger partial charge on any atom is 0.494 e. The number of halogens is 1. The summed E-state index contributed by atoms with van der Waals surface area (Å²) in [7, 11) is -0.371. The molecular formula is C96H106BBrN6O2. The molecule has 2 aromatic heterocycles. The molecule has 0 aliphatic carbocycles. The fraction of sp³-hybridized carbons (Fsp3) is 0.312. The number of rotatable bonds is 10. The van der Waals surface area contributed by atoms with Gasteiger partial charge in [-0.05, 0) is 157 Å². The molecule has 1 aliphatic rings. The molecule has 0 saturated carbocycles. The summed E-state index contributed by atoms with van der Waals surface area (Å²) in [5.74, 6) is 3.98. The predicted molar refractivity (Wildman–Crippen MR) is 451 cm³/mol. The van der Waals surface area contributed by atoms with Crippen LogP contribution in [-0.2, 0) is 41.8 Å². The van der Waals surface area contributed by atoms with Crippen LogP contribution >= 0.6 is 15.9 Å². The average Bonchev–Trinajstić information content (AvgIpc) is 1.54. The van der Waals surface area contributed by atoms with Gasteiger partial charge >= 0.3 is 7.12 Å². The lowest BCUT2D eigenvalue weighted by molar-refractivity contribution is 0.00578. The largest absolute Gasteiger partial charge is 0.494 e. The summed E-state index contributed by atoms with van der Waals surface area (Å²) < 4.78 is 13.9. The van der Waals surface area contributed by atoms with Crippen LogP contribution in [0.15, 0.2) is 247 Å². The number of hydrogen-bond donors (Lipinski definition) is 0. The van der Waals surface area contributed by atoms with Crippen molar-refractivity contribution >= 4 is 28.5 Å². The molecule has 12 aromatic rings. The fourth-order valence-corrected chi connectivity index (χ4v) is 12.8. The highest BCUT2D eigenvalue weighted by atomic mass is 79.9. The van der Waals surface area contributed by atoms with Crippen molar-refractivity contribution in [2.75, 3.05) is 0 Å². The maximum absolute atomic E-state index is 6.44. The van der Waals surface area contributed by atoms with E-state index in [-0.39, 0.29) is 50.8 Å². The number of nitrogens with zero attached hydrogens (tertiary/aromatic N) is 6. The Bertz CT molecular complexity index is 4870. The first-order chi connectivity index (χ1) is 49.6. The third kappa shape index (κ3) is 18.9. The van der Waals surface area contributed by atoms with Gasteiger partial charge in [0.25, 0.3) is 0 Å². The molecule has 10 aromatic carbocycles. The van der Waals surface area contributed by atoms with Gasteiger partial charge in [-0.15, -0.1) is 0 Å². The van der Waals surface area contributed by atoms with Crippen LogP contribution in [0.2, 0.25) is 0 Å². The molecule has 0 atom stereocenters. The van der Waals surface area contributed by atoms with E-state index in [9.17, 15) is 0 Å². The molecule has 1 aliphatic heterocycles. The Morgan fingerprint density at radius 2 is 0.462 bits per heavy atom. The van der Waals surface area contributed by atoms with E-state index in [1.807, 2.05) is 146 Å². The minimum Gasteiger partial charge on any atom is -0.399 e. The van der Waals surface area contributed by atoms with E-state index in [1.54, 1.807) is 0 Å². The Morgan fingerprint density at radius 3 is 0.774 bits per heavy atom. The lowest BCUT2D eigenvalue weighted by Gasteiger charge is -2.32. The van der Waals surface area contributed by atoms with Crippen LogP contribution in [0.3, 0.4) is 0 Å². The Kier molecular flexibility index (Phi) is 22.4. The highest BCUT2D eigenvalue weighted by molar-refractivity contribution is 9.10. The van der Waals surface area contributed by atoms with Crippen molar-refractivity contribution in [2.24, 2.45) is 0 Å². The van der Waals surface area contributed by atoms with Gasteiger partial charge in [-0.2, -0.15) is 0 Å². The van der Waals surface area contributed by atoms with Gasteiger partial charge in [0.15, 0.2) is 34.9 Å². The molecule has 10 heteroatoms. The van der Waals surface area contributed by atoms with Crippen molar-refractivity contribution in [1.82, 2.24) is 29.9 Å². The van der Waals surface area contributed by atoms with Crippen molar-refractivity contribution in [3.63, 3.8) is 0 Å². The second-order valence-electron chi connectivity index (χ2n) is 35.5. The monoisotopic (exact) mass is 1460 g/mol. The van der Waals surface area contributed by atoms with Crippen molar-refractivity contribution < 1.29 is 9.31 Å². The summed E-state index contributed by atoms with van der Waals surface area (Å²) in [6, 6.07) is 85.1. The molecule has 8 nitrogen and oxygen atoms in total. The number of hydrogen-bond acceptors (Lipinski definition) is 8. The van der Waals surface area contributed by atoms with Crippen molar-refractivity contribution in [3.05, 3.63) is 281 Å². The van der Waals surface area contributed by atoms with Crippen LogP contribution in [0.4, 0.5) is 0 Å². The average molecular weight is 1470 g/mol. The van der Waals surface area contributed by atoms with Crippen molar-refractivity contribution in [3.8, 4) is 102 Å². The molecule has 0 unspecified atom stereocenters. The van der Waals surface area contributed by atoms with E-state index < -0.39 is 0 Å². The molecule has 13 rings (SSSR count). The zero-order chi connectivity index (χ0) is 76.5. The lowest BCUT2D eigenvalue weighted by atomic mass is 9.73. The molecule has 1 fully saturated rings. The molecule has 0 radical (unpaired) electrons. The third-order valence-electron chi connectivity index (χ3n) is 20.1. The predicted octanol–water partition coefficient (Wildman–Crippen LogP) is 25.3. The first-order valence-corrected chi connectivity index (χ1v) is 38.0. The van der Waals surface area contributed by atoms with E-state index >= 15 is 0 Å². The fourth-order valence-electron chi connectivity index (χ4n) is 12.4. The summed E-state index contributed by atoms with van der Waals surface area (Å²) >= 11 is 3.52. The van der Waals surface area contributed by atoms with Gasteiger partial charge in [0.2, 0.25) is 0 Å². The van der Waals surface area contributed by atoms with Crippen LogP contribution in [-0.4, -0.2) is 48.2 Å². The summed E-state index contributed by atoms with van der Waals surface area (Å²) in [6.07, 6.45) is 0. The highest BCUT2D eigenvalue weighted by Crippen LogP contribution is 2.42. The lowest BCUT2D eigenvalue weighted by Crippen LogP contribution is -2.41. The van der Waals surface area contributed by atoms with Gasteiger partial charge in [-0.3, -0.25) is 0 Å². The van der Waals surface area contributed by atoms with Gasteiger partial charge in [0, 0.05) is 37.9 Å². The molecule has 0 bridgehead atoms. The van der Waals surface area contributed by atoms with Gasteiger partial charge in [-0.25, -0.2) is 29.9 Å². The molecular weight excluding hydrogens is 1360 g/mol. The topological polar surface area (TPSA) is 95.8 Å². The quantitative estimate of drug-likeness (QED) is 0.125. The first-order valence-electron chi connectivity index (χ1n) is 37.3. The van der Waals surface area contributed by atoms with E-state index in [1.165, 1.54) is 61.2 Å². The molecule has 106 heavy (non-hydrogen) atoms. The van der Waals surface area contributed by atoms with Gasteiger partial charge < -0.3 is 9.31 Å². The van der Waals surface area contributed by atoms with Crippen LogP contribution in [0.1, 0.15) is 186 Å². The maximum atomic E-state index is 6.44. The van der Waals surface area contributed by atoms with Crippen LogP contribution in [0, 0.1) is 0 Å². The summed E-state index contributed by atoms with van der Waals surface area (Å²) in [5.41, 5.74) is 21.7. The van der Waals surface area contributed by atoms with Crippen LogP contribution in [0.5, 0.6) is 0 Å². The minimum absolute atomic E-state index is 0.0168. The second-order valence-corrected chi connectivity index (χ2v) is 36.4. The van der Waals surface area contributed by atoms with Crippen molar-refractivity contribution in [1.29, 1.82) is 0 Å². The third-order valence-corrected chi connectivity index (χ3v) is 20.6. The van der Waals surface area contributed by atoms with Gasteiger partial charge in [-0.1, -0.05) is 359 Å². The summed E-state index contributed by atoms with van der Waals surface area (Å²) in [4.78, 5) is 29.0. The van der Waals surface area contributed by atoms with Crippen LogP contribution < -0.4 is 5.46 Å². The summed E-state index contributed by atoms with van der Waals surface area (Å²) in [5, 5.41) is 0. The van der Waals surface area contributed by atoms with Crippen molar-refractivity contribution in [2.45, 2.75) is 196 Å². The molecule has 1 saturated heterocycles.